The molecule has 3 heteroatoms. The van der Waals surface area contributed by atoms with Crippen LogP contribution in [0.25, 0.3) is 11.3 Å². The molecule has 1 aliphatic heterocycles. The van der Waals surface area contributed by atoms with Crippen molar-refractivity contribution in [2.24, 2.45) is 0 Å². The summed E-state index contributed by atoms with van der Waals surface area (Å²) in [7, 11) is 0. The number of thioether (sulfide) groups is 1. The molecule has 0 unspecified atom stereocenters. The van der Waals surface area contributed by atoms with E-state index in [4.69, 9.17) is 0 Å². The quantitative estimate of drug-likeness (QED) is 0.519. The lowest BCUT2D eigenvalue weighted by Crippen LogP contribution is -2.35. The topological polar surface area (TPSA) is 16.8 Å². The second kappa shape index (κ2) is 3.57. The van der Waals surface area contributed by atoms with Gasteiger partial charge in [-0.2, -0.15) is 0 Å². The number of aromatic nitrogens is 2. The highest BCUT2D eigenvalue weighted by Crippen LogP contribution is 2.36. The van der Waals surface area contributed by atoms with Gasteiger partial charge in [0.25, 0.3) is 6.33 Å². The molecule has 0 saturated heterocycles. The van der Waals surface area contributed by atoms with Crippen LogP contribution in [0.5, 0.6) is 0 Å². The number of fused-ring (bicyclic) bond motifs is 5. The molecule has 2 nitrogen and oxygen atoms in total. The van der Waals surface area contributed by atoms with Crippen LogP contribution in [0.15, 0.2) is 35.6 Å². The Hall–Kier alpha value is -1.35. The lowest BCUT2D eigenvalue weighted by Gasteiger charge is -2.16. The number of hydrogen-bond donors (Lipinski definition) is 0. The monoisotopic (exact) mass is 241 g/mol. The second-order valence-electron chi connectivity index (χ2n) is 4.58. The van der Waals surface area contributed by atoms with E-state index in [2.05, 4.69) is 33.8 Å². The molecule has 84 valence electrons. The Kier molecular flexibility index (Phi) is 2.03. The summed E-state index contributed by atoms with van der Waals surface area (Å²) in [5.41, 5.74) is 5.46. The summed E-state index contributed by atoms with van der Waals surface area (Å²) in [5.74, 6) is 1.19. The number of aryl methyl sites for hydroxylation is 2. The van der Waals surface area contributed by atoms with Crippen LogP contribution in [0.2, 0.25) is 0 Å². The lowest BCUT2D eigenvalue weighted by atomic mass is 9.90. The van der Waals surface area contributed by atoms with Gasteiger partial charge in [-0.1, -0.05) is 36.0 Å². The Balaban J connectivity index is 2.00. The van der Waals surface area contributed by atoms with E-state index in [-0.39, 0.29) is 0 Å². The third-order valence-corrected chi connectivity index (χ3v) is 4.76. The van der Waals surface area contributed by atoms with Gasteiger partial charge in [-0.3, -0.25) is 0 Å². The van der Waals surface area contributed by atoms with Gasteiger partial charge in [0.1, 0.15) is 6.54 Å². The van der Waals surface area contributed by atoms with E-state index in [0.717, 1.165) is 19.4 Å². The summed E-state index contributed by atoms with van der Waals surface area (Å²) >= 11 is 1.98. The molecule has 4 rings (SSSR count). The van der Waals surface area contributed by atoms with Crippen molar-refractivity contribution >= 4 is 11.8 Å². The molecular weight excluding hydrogens is 228 g/mol. The van der Waals surface area contributed by atoms with Gasteiger partial charge < -0.3 is 0 Å². The SMILES string of the molecule is c1ccc2c(c1)CCc1c-2nc[n+]2c1SCC2. The predicted molar refractivity (Wildman–Crippen MR) is 68.0 cm³/mol. The Morgan fingerprint density at radius 3 is 3.12 bits per heavy atom. The van der Waals surface area contributed by atoms with Gasteiger partial charge in [-0.15, -0.1) is 0 Å². The van der Waals surface area contributed by atoms with Crippen LogP contribution in [0.3, 0.4) is 0 Å². The number of nitrogens with zero attached hydrogens (tertiary/aromatic N) is 2. The number of rotatable bonds is 0. The smallest absolute Gasteiger partial charge is 0.223 e. The molecule has 0 spiro atoms. The van der Waals surface area contributed by atoms with Gasteiger partial charge in [0.2, 0.25) is 0 Å². The third-order valence-electron chi connectivity index (χ3n) is 3.62. The summed E-state index contributed by atoms with van der Waals surface area (Å²) in [6.45, 7) is 1.11. The van der Waals surface area contributed by atoms with Gasteiger partial charge in [-0.25, -0.2) is 4.57 Å². The largest absolute Gasteiger partial charge is 0.287 e. The first-order valence-corrected chi connectivity index (χ1v) is 7.04. The first-order chi connectivity index (χ1) is 8.43. The van der Waals surface area contributed by atoms with Crippen LogP contribution >= 0.6 is 11.8 Å². The van der Waals surface area contributed by atoms with E-state index < -0.39 is 0 Å². The standard InChI is InChI=1S/C14H13N2S/c1-2-4-11-10(3-1)5-6-12-13(11)15-9-16-7-8-17-14(12)16/h1-4,9H,5-8H2/q+1. The minimum absolute atomic E-state index is 1.11. The van der Waals surface area contributed by atoms with Gasteiger partial charge in [-0.05, 0) is 23.4 Å². The molecule has 1 aromatic heterocycles. The molecule has 0 N–H and O–H groups in total. The van der Waals surface area contributed by atoms with Crippen molar-refractivity contribution in [1.29, 1.82) is 0 Å². The fraction of sp³-hybridized carbons (Fsp3) is 0.286. The highest BCUT2D eigenvalue weighted by atomic mass is 32.2. The molecule has 17 heavy (non-hydrogen) atoms. The molecule has 0 amide bonds. The van der Waals surface area contributed by atoms with Crippen LogP contribution in [-0.2, 0) is 19.4 Å². The molecule has 2 heterocycles. The van der Waals surface area contributed by atoms with Crippen molar-refractivity contribution in [3.05, 3.63) is 41.7 Å². The zero-order valence-electron chi connectivity index (χ0n) is 9.52. The molecule has 2 aliphatic rings. The van der Waals surface area contributed by atoms with Gasteiger partial charge in [0, 0.05) is 11.3 Å². The molecule has 0 radical (unpaired) electrons. The molecule has 2 aromatic rings. The van der Waals surface area contributed by atoms with Crippen LogP contribution in [0, 0.1) is 0 Å². The fourth-order valence-corrected chi connectivity index (χ4v) is 3.95. The summed E-state index contributed by atoms with van der Waals surface area (Å²) in [6.07, 6.45) is 4.31. The van der Waals surface area contributed by atoms with E-state index in [1.54, 1.807) is 0 Å². The molecule has 1 aliphatic carbocycles. The summed E-state index contributed by atoms with van der Waals surface area (Å²) in [4.78, 5) is 4.68. The maximum Gasteiger partial charge on any atom is 0.287 e. The summed E-state index contributed by atoms with van der Waals surface area (Å²) in [5, 5.41) is 1.45. The highest BCUT2D eigenvalue weighted by molar-refractivity contribution is 7.99. The fourth-order valence-electron chi connectivity index (χ4n) is 2.79. The zero-order chi connectivity index (χ0) is 11.2. The molecule has 0 saturated carbocycles. The molecule has 0 bridgehead atoms. The zero-order valence-corrected chi connectivity index (χ0v) is 10.3. The van der Waals surface area contributed by atoms with Crippen LogP contribution in [0.1, 0.15) is 11.1 Å². The van der Waals surface area contributed by atoms with E-state index in [9.17, 15) is 0 Å². The Morgan fingerprint density at radius 2 is 2.12 bits per heavy atom. The normalized spacial score (nSPS) is 16.2. The molecular formula is C14H13N2S+. The van der Waals surface area contributed by atoms with Gasteiger partial charge in [0.15, 0.2) is 10.7 Å². The maximum absolute atomic E-state index is 4.68. The van der Waals surface area contributed by atoms with Crippen molar-refractivity contribution in [1.82, 2.24) is 4.98 Å². The van der Waals surface area contributed by atoms with Crippen LogP contribution in [-0.4, -0.2) is 10.7 Å². The molecule has 1 aromatic carbocycles. The first-order valence-electron chi connectivity index (χ1n) is 6.06. The van der Waals surface area contributed by atoms with Crippen molar-refractivity contribution in [3.8, 4) is 11.3 Å². The summed E-state index contributed by atoms with van der Waals surface area (Å²) < 4.78 is 2.30. The Morgan fingerprint density at radius 1 is 1.18 bits per heavy atom. The lowest BCUT2D eigenvalue weighted by molar-refractivity contribution is -0.726. The second-order valence-corrected chi connectivity index (χ2v) is 5.66. The Labute approximate surface area is 105 Å². The minimum Gasteiger partial charge on any atom is -0.223 e. The van der Waals surface area contributed by atoms with E-state index in [1.165, 1.54) is 33.2 Å². The van der Waals surface area contributed by atoms with Gasteiger partial charge >= 0.3 is 0 Å². The minimum atomic E-state index is 1.11. The predicted octanol–water partition coefficient (Wildman–Crippen LogP) is 2.24. The average Bonchev–Trinajstić information content (AvgIpc) is 2.86. The van der Waals surface area contributed by atoms with Crippen molar-refractivity contribution in [3.63, 3.8) is 0 Å². The van der Waals surface area contributed by atoms with Crippen molar-refractivity contribution in [2.75, 3.05) is 5.75 Å². The van der Waals surface area contributed by atoms with Crippen molar-refractivity contribution in [2.45, 2.75) is 24.4 Å². The molecule has 0 atom stereocenters. The maximum atomic E-state index is 4.68. The molecule has 0 fully saturated rings. The Bertz CT molecular complexity index is 607. The average molecular weight is 241 g/mol. The van der Waals surface area contributed by atoms with Crippen molar-refractivity contribution < 1.29 is 4.57 Å². The third kappa shape index (κ3) is 1.35. The number of hydrogen-bond acceptors (Lipinski definition) is 2. The van der Waals surface area contributed by atoms with E-state index in [0.29, 0.717) is 0 Å². The first kappa shape index (κ1) is 9.66. The van der Waals surface area contributed by atoms with Crippen LogP contribution in [0.4, 0.5) is 0 Å². The van der Waals surface area contributed by atoms with E-state index >= 15 is 0 Å². The van der Waals surface area contributed by atoms with E-state index in [1.807, 2.05) is 18.1 Å². The van der Waals surface area contributed by atoms with Gasteiger partial charge in [0.05, 0.1) is 5.56 Å². The highest BCUT2D eigenvalue weighted by Gasteiger charge is 2.29. The van der Waals surface area contributed by atoms with Crippen LogP contribution < -0.4 is 4.57 Å². The summed E-state index contributed by atoms with van der Waals surface area (Å²) in [6, 6.07) is 8.67. The number of benzene rings is 1.